The summed E-state index contributed by atoms with van der Waals surface area (Å²) in [5.41, 5.74) is 1.05. The maximum Gasteiger partial charge on any atom is 0.347 e. The first-order chi connectivity index (χ1) is 10.9. The Balaban J connectivity index is 2.45. The van der Waals surface area contributed by atoms with Gasteiger partial charge >= 0.3 is 5.97 Å². The summed E-state index contributed by atoms with van der Waals surface area (Å²) in [6.07, 6.45) is 1.78. The molecule has 1 atom stereocenters. The number of carbonyl (C=O) groups is 2. The van der Waals surface area contributed by atoms with Crippen LogP contribution in [0.4, 0.5) is 0 Å². The number of benzene rings is 1. The van der Waals surface area contributed by atoms with E-state index in [4.69, 9.17) is 4.74 Å². The van der Waals surface area contributed by atoms with Crippen LogP contribution in [0.1, 0.15) is 25.0 Å². The molecular formula is C17H19N3O3. The molecule has 0 spiro atoms. The maximum atomic E-state index is 12.3. The number of esters is 1. The maximum absolute atomic E-state index is 12.3. The van der Waals surface area contributed by atoms with Gasteiger partial charge in [0, 0.05) is 30.4 Å². The van der Waals surface area contributed by atoms with Crippen molar-refractivity contribution in [1.82, 2.24) is 10.3 Å². The Morgan fingerprint density at radius 1 is 1.43 bits per heavy atom. The summed E-state index contributed by atoms with van der Waals surface area (Å²) in [6, 6.07) is 7.79. The largest absolute Gasteiger partial charge is 0.463 e. The average molecular weight is 313 g/mol. The molecule has 120 valence electrons. The number of H-pyrrole nitrogens is 1. The summed E-state index contributed by atoms with van der Waals surface area (Å²) < 4.78 is 4.99. The first-order valence-electron chi connectivity index (χ1n) is 7.35. The molecule has 1 aromatic heterocycles. The van der Waals surface area contributed by atoms with Gasteiger partial charge in [0.2, 0.25) is 11.4 Å². The van der Waals surface area contributed by atoms with E-state index in [1.807, 2.05) is 31.2 Å². The molecule has 0 aliphatic heterocycles. The van der Waals surface area contributed by atoms with Gasteiger partial charge in [-0.1, -0.05) is 12.1 Å². The molecule has 0 aliphatic carbocycles. The van der Waals surface area contributed by atoms with Gasteiger partial charge in [0.15, 0.2) is 0 Å². The zero-order valence-electron chi connectivity index (χ0n) is 13.4. The lowest BCUT2D eigenvalue weighted by Gasteiger charge is -2.24. The molecule has 2 aromatic rings. The number of aromatic nitrogens is 1. The van der Waals surface area contributed by atoms with E-state index in [0.717, 1.165) is 22.0 Å². The molecule has 1 heterocycles. The number of hydrogen-bond donors (Lipinski definition) is 2. The normalized spacial score (nSPS) is 13.1. The number of amides is 1. The number of nitrogens with one attached hydrogen (secondary N) is 2. The minimum Gasteiger partial charge on any atom is -0.463 e. The number of nitriles is 1. The Labute approximate surface area is 134 Å². The van der Waals surface area contributed by atoms with Gasteiger partial charge < -0.3 is 15.0 Å². The first-order valence-corrected chi connectivity index (χ1v) is 7.35. The third-order valence-electron chi connectivity index (χ3n) is 3.58. The van der Waals surface area contributed by atoms with E-state index in [0.29, 0.717) is 0 Å². The van der Waals surface area contributed by atoms with Crippen molar-refractivity contribution in [3.05, 3.63) is 35.5 Å². The van der Waals surface area contributed by atoms with Crippen molar-refractivity contribution in [2.45, 2.75) is 32.7 Å². The van der Waals surface area contributed by atoms with Crippen molar-refractivity contribution >= 4 is 22.8 Å². The standard InChI is InChI=1S/C17H19N3O3/c1-4-23-16(22)17(10-18,20-12(3)21)8-13-9-19-15-7-11(2)5-6-14(13)15/h5-7,9,19H,4,8H2,1-3H3,(H,20,21)/t17-/m1/s1. The molecule has 1 aromatic carbocycles. The summed E-state index contributed by atoms with van der Waals surface area (Å²) in [7, 11) is 0. The fourth-order valence-electron chi connectivity index (χ4n) is 2.57. The van der Waals surface area contributed by atoms with Gasteiger partial charge in [-0.25, -0.2) is 4.79 Å². The smallest absolute Gasteiger partial charge is 0.347 e. The van der Waals surface area contributed by atoms with Crippen LogP contribution in [-0.2, 0) is 20.7 Å². The number of hydrogen-bond acceptors (Lipinski definition) is 4. The van der Waals surface area contributed by atoms with Gasteiger partial charge in [0.1, 0.15) is 6.07 Å². The number of fused-ring (bicyclic) bond motifs is 1. The third-order valence-corrected chi connectivity index (χ3v) is 3.58. The monoisotopic (exact) mass is 313 g/mol. The molecule has 2 rings (SSSR count). The van der Waals surface area contributed by atoms with Crippen LogP contribution in [0.15, 0.2) is 24.4 Å². The second-order valence-electron chi connectivity index (χ2n) is 5.46. The molecule has 0 fully saturated rings. The van der Waals surface area contributed by atoms with Gasteiger partial charge in [0.25, 0.3) is 0 Å². The summed E-state index contributed by atoms with van der Waals surface area (Å²) >= 11 is 0. The fraction of sp³-hybridized carbons (Fsp3) is 0.353. The molecule has 0 unspecified atom stereocenters. The van der Waals surface area contributed by atoms with Crippen LogP contribution in [0.5, 0.6) is 0 Å². The second kappa shape index (κ2) is 6.53. The van der Waals surface area contributed by atoms with Crippen LogP contribution in [0, 0.1) is 18.3 Å². The highest BCUT2D eigenvalue weighted by Gasteiger charge is 2.42. The predicted molar refractivity (Wildman–Crippen MR) is 85.5 cm³/mol. The van der Waals surface area contributed by atoms with Crippen LogP contribution >= 0.6 is 0 Å². The highest BCUT2D eigenvalue weighted by Crippen LogP contribution is 2.24. The quantitative estimate of drug-likeness (QED) is 0.825. The van der Waals surface area contributed by atoms with E-state index in [9.17, 15) is 14.9 Å². The Bertz CT molecular complexity index is 788. The number of rotatable bonds is 5. The van der Waals surface area contributed by atoms with E-state index < -0.39 is 17.4 Å². The van der Waals surface area contributed by atoms with Crippen LogP contribution < -0.4 is 5.32 Å². The fourth-order valence-corrected chi connectivity index (χ4v) is 2.57. The predicted octanol–water partition coefficient (Wildman–Crippen LogP) is 1.98. The lowest BCUT2D eigenvalue weighted by Crippen LogP contribution is -2.55. The minimum absolute atomic E-state index is 0.0327. The first kappa shape index (κ1) is 16.6. The van der Waals surface area contributed by atoms with Crippen molar-refractivity contribution in [2.75, 3.05) is 6.61 Å². The third kappa shape index (κ3) is 3.34. The SMILES string of the molecule is CCOC(=O)[C@](C#N)(Cc1c[nH]c2cc(C)ccc12)NC(C)=O. The second-order valence-corrected chi connectivity index (χ2v) is 5.46. The van der Waals surface area contributed by atoms with Crippen LogP contribution in [0.2, 0.25) is 0 Å². The van der Waals surface area contributed by atoms with Crippen LogP contribution in [0.3, 0.4) is 0 Å². The van der Waals surface area contributed by atoms with E-state index in [1.165, 1.54) is 6.92 Å². The van der Waals surface area contributed by atoms with Crippen molar-refractivity contribution in [1.29, 1.82) is 5.26 Å². The molecule has 0 radical (unpaired) electrons. The van der Waals surface area contributed by atoms with Gasteiger partial charge in [-0.3, -0.25) is 4.79 Å². The van der Waals surface area contributed by atoms with E-state index in [2.05, 4.69) is 10.3 Å². The average Bonchev–Trinajstić information content (AvgIpc) is 2.88. The summed E-state index contributed by atoms with van der Waals surface area (Å²) in [6.45, 7) is 5.04. The molecule has 0 saturated heterocycles. The molecule has 6 heteroatoms. The number of aryl methyl sites for hydroxylation is 1. The Hall–Kier alpha value is -2.81. The summed E-state index contributed by atoms with van der Waals surface area (Å²) in [4.78, 5) is 26.9. The van der Waals surface area contributed by atoms with Crippen molar-refractivity contribution < 1.29 is 14.3 Å². The van der Waals surface area contributed by atoms with E-state index >= 15 is 0 Å². The van der Waals surface area contributed by atoms with Crippen LogP contribution in [-0.4, -0.2) is 29.0 Å². The highest BCUT2D eigenvalue weighted by atomic mass is 16.5. The van der Waals surface area contributed by atoms with Gasteiger partial charge in [0.05, 0.1) is 6.61 Å². The molecule has 6 nitrogen and oxygen atoms in total. The van der Waals surface area contributed by atoms with Crippen molar-refractivity contribution in [3.8, 4) is 6.07 Å². The minimum atomic E-state index is -1.73. The number of nitrogens with zero attached hydrogens (tertiary/aromatic N) is 1. The van der Waals surface area contributed by atoms with E-state index in [1.54, 1.807) is 13.1 Å². The van der Waals surface area contributed by atoms with Crippen molar-refractivity contribution in [3.63, 3.8) is 0 Å². The van der Waals surface area contributed by atoms with Crippen molar-refractivity contribution in [2.24, 2.45) is 0 Å². The molecule has 2 N–H and O–H groups in total. The van der Waals surface area contributed by atoms with E-state index in [-0.39, 0.29) is 13.0 Å². The zero-order valence-corrected chi connectivity index (χ0v) is 13.4. The summed E-state index contributed by atoms with van der Waals surface area (Å²) in [5.74, 6) is -1.21. The Kier molecular flexibility index (Phi) is 4.70. The lowest BCUT2D eigenvalue weighted by atomic mass is 9.91. The number of aromatic amines is 1. The topological polar surface area (TPSA) is 95.0 Å². The molecule has 0 aliphatic rings. The zero-order chi connectivity index (χ0) is 17.0. The van der Waals surface area contributed by atoms with Gasteiger partial charge in [-0.05, 0) is 31.0 Å². The summed E-state index contributed by atoms with van der Waals surface area (Å²) in [5, 5.41) is 12.9. The molecule has 1 amide bonds. The Morgan fingerprint density at radius 2 is 2.17 bits per heavy atom. The number of carbonyl (C=O) groups excluding carboxylic acids is 2. The molecule has 23 heavy (non-hydrogen) atoms. The molecular weight excluding hydrogens is 294 g/mol. The van der Waals surface area contributed by atoms with Gasteiger partial charge in [-0.2, -0.15) is 5.26 Å². The molecule has 0 saturated carbocycles. The lowest BCUT2D eigenvalue weighted by molar-refractivity contribution is -0.150. The van der Waals surface area contributed by atoms with Gasteiger partial charge in [-0.15, -0.1) is 0 Å². The Morgan fingerprint density at radius 3 is 2.78 bits per heavy atom. The number of ether oxygens (including phenoxy) is 1. The van der Waals surface area contributed by atoms with Crippen LogP contribution in [0.25, 0.3) is 10.9 Å². The highest BCUT2D eigenvalue weighted by molar-refractivity contribution is 5.92. The molecule has 0 bridgehead atoms.